The van der Waals surface area contributed by atoms with E-state index in [1.165, 1.54) is 11.0 Å². The molecule has 0 aliphatic heterocycles. The molecule has 0 aliphatic carbocycles. The fraction of sp³-hybridized carbons (Fsp3) is 0.231. The molecule has 1 aromatic heterocycles. The highest BCUT2D eigenvalue weighted by Crippen LogP contribution is 2.12. The summed E-state index contributed by atoms with van der Waals surface area (Å²) in [5, 5.41) is 0.468. The third kappa shape index (κ3) is 2.26. The number of nitrogens with two attached hydrogens (primary N) is 1. The van der Waals surface area contributed by atoms with E-state index in [0.29, 0.717) is 24.1 Å². The van der Waals surface area contributed by atoms with E-state index in [1.54, 1.807) is 31.3 Å². The molecule has 0 radical (unpaired) electrons. The summed E-state index contributed by atoms with van der Waals surface area (Å²) in [5.74, 6) is -0.307. The molecule has 0 saturated carbocycles. The van der Waals surface area contributed by atoms with E-state index in [1.807, 2.05) is 0 Å². The number of likely N-dealkylation sites (N-methyl/N-ethyl adjacent to an activating group) is 1. The molecule has 0 fully saturated rings. The quantitative estimate of drug-likeness (QED) is 0.870. The first kappa shape index (κ1) is 12.3. The smallest absolute Gasteiger partial charge is 0.289 e. The van der Waals surface area contributed by atoms with E-state index >= 15 is 0 Å². The van der Waals surface area contributed by atoms with E-state index < -0.39 is 0 Å². The summed E-state index contributed by atoms with van der Waals surface area (Å²) in [4.78, 5) is 25.2. The highest BCUT2D eigenvalue weighted by Gasteiger charge is 2.15. The zero-order valence-corrected chi connectivity index (χ0v) is 10.1. The van der Waals surface area contributed by atoms with Gasteiger partial charge in [-0.2, -0.15) is 0 Å². The SMILES string of the molecule is CN(CCN)C(=O)c1cc(=O)c2ccccc2o1. The molecule has 0 spiro atoms. The van der Waals surface area contributed by atoms with Crippen molar-refractivity contribution in [3.05, 3.63) is 46.3 Å². The van der Waals surface area contributed by atoms with Crippen molar-refractivity contribution in [3.63, 3.8) is 0 Å². The van der Waals surface area contributed by atoms with Crippen molar-refractivity contribution in [1.29, 1.82) is 0 Å². The summed E-state index contributed by atoms with van der Waals surface area (Å²) in [6, 6.07) is 8.05. The summed E-state index contributed by atoms with van der Waals surface area (Å²) >= 11 is 0. The Balaban J connectivity index is 2.47. The van der Waals surface area contributed by atoms with Gasteiger partial charge in [0.15, 0.2) is 11.2 Å². The Bertz CT molecular complexity index is 633. The Morgan fingerprint density at radius 3 is 2.83 bits per heavy atom. The van der Waals surface area contributed by atoms with Gasteiger partial charge in [-0.25, -0.2) is 0 Å². The summed E-state index contributed by atoms with van der Waals surface area (Å²) < 4.78 is 5.44. The molecule has 0 atom stereocenters. The van der Waals surface area contributed by atoms with Crippen LogP contribution in [0.1, 0.15) is 10.6 Å². The molecule has 0 bridgehead atoms. The number of hydrogen-bond donors (Lipinski definition) is 1. The van der Waals surface area contributed by atoms with Gasteiger partial charge in [-0.1, -0.05) is 12.1 Å². The van der Waals surface area contributed by atoms with Crippen molar-refractivity contribution in [3.8, 4) is 0 Å². The lowest BCUT2D eigenvalue weighted by Gasteiger charge is -2.14. The lowest BCUT2D eigenvalue weighted by Crippen LogP contribution is -2.32. The molecule has 5 nitrogen and oxygen atoms in total. The average Bonchev–Trinajstić information content (AvgIpc) is 2.38. The molecule has 1 amide bonds. The molecule has 2 rings (SSSR count). The summed E-state index contributed by atoms with van der Waals surface area (Å²) in [5.41, 5.74) is 5.57. The van der Waals surface area contributed by atoms with Crippen LogP contribution >= 0.6 is 0 Å². The number of amides is 1. The zero-order valence-electron chi connectivity index (χ0n) is 10.1. The monoisotopic (exact) mass is 246 g/mol. The van der Waals surface area contributed by atoms with E-state index in [0.717, 1.165) is 0 Å². The fourth-order valence-electron chi connectivity index (χ4n) is 1.69. The van der Waals surface area contributed by atoms with Crippen LogP contribution in [-0.2, 0) is 0 Å². The molecule has 18 heavy (non-hydrogen) atoms. The van der Waals surface area contributed by atoms with Gasteiger partial charge in [0.05, 0.1) is 5.39 Å². The minimum absolute atomic E-state index is 0.0367. The molecule has 0 unspecified atom stereocenters. The molecule has 5 heteroatoms. The molecule has 94 valence electrons. The van der Waals surface area contributed by atoms with Crippen LogP contribution in [0.5, 0.6) is 0 Å². The maximum atomic E-state index is 12.0. The van der Waals surface area contributed by atoms with Crippen LogP contribution in [0.2, 0.25) is 0 Å². The van der Waals surface area contributed by atoms with Gasteiger partial charge in [0, 0.05) is 26.2 Å². The largest absolute Gasteiger partial charge is 0.451 e. The van der Waals surface area contributed by atoms with E-state index in [2.05, 4.69) is 0 Å². The van der Waals surface area contributed by atoms with Crippen molar-refractivity contribution in [2.45, 2.75) is 0 Å². The van der Waals surface area contributed by atoms with Crippen LogP contribution in [0.3, 0.4) is 0 Å². The number of hydrogen-bond acceptors (Lipinski definition) is 4. The second-order valence-corrected chi connectivity index (χ2v) is 3.99. The van der Waals surface area contributed by atoms with Gasteiger partial charge in [0.1, 0.15) is 5.58 Å². The van der Waals surface area contributed by atoms with E-state index in [9.17, 15) is 9.59 Å². The molecular formula is C13H14N2O3. The molecule has 1 heterocycles. The maximum absolute atomic E-state index is 12.0. The normalized spacial score (nSPS) is 10.6. The van der Waals surface area contributed by atoms with Crippen molar-refractivity contribution in [2.24, 2.45) is 5.73 Å². The van der Waals surface area contributed by atoms with Gasteiger partial charge in [-0.05, 0) is 12.1 Å². The first-order chi connectivity index (χ1) is 8.63. The predicted molar refractivity (Wildman–Crippen MR) is 68.5 cm³/mol. The summed E-state index contributed by atoms with van der Waals surface area (Å²) in [7, 11) is 1.62. The van der Waals surface area contributed by atoms with Crippen molar-refractivity contribution >= 4 is 16.9 Å². The topological polar surface area (TPSA) is 76.5 Å². The minimum atomic E-state index is -0.344. The zero-order chi connectivity index (χ0) is 13.1. The van der Waals surface area contributed by atoms with Crippen LogP contribution in [-0.4, -0.2) is 30.9 Å². The average molecular weight is 246 g/mol. The van der Waals surface area contributed by atoms with Crippen LogP contribution in [0.25, 0.3) is 11.0 Å². The van der Waals surface area contributed by atoms with Crippen molar-refractivity contribution in [2.75, 3.05) is 20.1 Å². The Kier molecular flexibility index (Phi) is 3.43. The van der Waals surface area contributed by atoms with E-state index in [4.69, 9.17) is 10.2 Å². The highest BCUT2D eigenvalue weighted by molar-refractivity contribution is 5.93. The van der Waals surface area contributed by atoms with Gasteiger partial charge in [0.2, 0.25) is 0 Å². The Morgan fingerprint density at radius 2 is 2.11 bits per heavy atom. The number of para-hydroxylation sites is 1. The van der Waals surface area contributed by atoms with Crippen LogP contribution in [0.4, 0.5) is 0 Å². The molecule has 2 aromatic rings. The predicted octanol–water partition coefficient (Wildman–Crippen LogP) is 0.824. The van der Waals surface area contributed by atoms with Crippen LogP contribution in [0.15, 0.2) is 39.5 Å². The molecule has 0 saturated heterocycles. The van der Waals surface area contributed by atoms with Crippen LogP contribution in [0, 0.1) is 0 Å². The Morgan fingerprint density at radius 1 is 1.39 bits per heavy atom. The fourth-order valence-corrected chi connectivity index (χ4v) is 1.69. The number of rotatable bonds is 3. The number of nitrogens with zero attached hydrogens (tertiary/aromatic N) is 1. The van der Waals surface area contributed by atoms with Gasteiger partial charge >= 0.3 is 0 Å². The van der Waals surface area contributed by atoms with Gasteiger partial charge in [-0.3, -0.25) is 9.59 Å². The lowest BCUT2D eigenvalue weighted by molar-refractivity contribution is 0.0768. The van der Waals surface area contributed by atoms with E-state index in [-0.39, 0.29) is 17.1 Å². The van der Waals surface area contributed by atoms with Gasteiger partial charge in [-0.15, -0.1) is 0 Å². The first-order valence-corrected chi connectivity index (χ1v) is 5.62. The number of benzene rings is 1. The maximum Gasteiger partial charge on any atom is 0.289 e. The molecule has 2 N–H and O–H groups in total. The highest BCUT2D eigenvalue weighted by atomic mass is 16.3. The minimum Gasteiger partial charge on any atom is -0.451 e. The summed E-state index contributed by atoms with van der Waals surface area (Å²) in [6.07, 6.45) is 0. The first-order valence-electron chi connectivity index (χ1n) is 5.62. The third-order valence-electron chi connectivity index (χ3n) is 2.66. The van der Waals surface area contributed by atoms with Crippen molar-refractivity contribution in [1.82, 2.24) is 4.90 Å². The lowest BCUT2D eigenvalue weighted by atomic mass is 10.2. The molecular weight excluding hydrogens is 232 g/mol. The number of fused-ring (bicyclic) bond motifs is 1. The second-order valence-electron chi connectivity index (χ2n) is 3.99. The van der Waals surface area contributed by atoms with Crippen LogP contribution < -0.4 is 11.2 Å². The molecule has 1 aromatic carbocycles. The third-order valence-corrected chi connectivity index (χ3v) is 2.66. The second kappa shape index (κ2) is 5.01. The number of carbonyl (C=O) groups is 1. The molecule has 0 aliphatic rings. The standard InChI is InChI=1S/C13H14N2O3/c1-15(7-6-14)13(17)12-8-10(16)9-4-2-3-5-11(9)18-12/h2-5,8H,6-7,14H2,1H3. The summed E-state index contributed by atoms with van der Waals surface area (Å²) in [6.45, 7) is 0.773. The Hall–Kier alpha value is -2.14. The number of carbonyl (C=O) groups excluding carboxylic acids is 1. The Labute approximate surface area is 104 Å². The van der Waals surface area contributed by atoms with Gasteiger partial charge in [0.25, 0.3) is 5.91 Å². The van der Waals surface area contributed by atoms with Gasteiger partial charge < -0.3 is 15.1 Å². The van der Waals surface area contributed by atoms with Crippen molar-refractivity contribution < 1.29 is 9.21 Å².